The Morgan fingerprint density at radius 3 is 2.40 bits per heavy atom. The Morgan fingerprint density at radius 2 is 1.64 bits per heavy atom. The van der Waals surface area contributed by atoms with E-state index in [9.17, 15) is 24.3 Å². The highest BCUT2D eigenvalue weighted by Crippen LogP contribution is 2.35. The Balaban J connectivity index is 1.37. The summed E-state index contributed by atoms with van der Waals surface area (Å²) in [6, 6.07) is 19.8. The highest BCUT2D eigenvalue weighted by atomic mass is 16.5. The molecule has 0 bridgehead atoms. The first-order valence-corrected chi connectivity index (χ1v) is 14.1. The molecule has 0 radical (unpaired) electrons. The van der Waals surface area contributed by atoms with Gasteiger partial charge in [-0.05, 0) is 66.8 Å². The molecule has 12 heteroatoms. The normalized spacial score (nSPS) is 13.6. The average molecular weight is 605 g/mol. The van der Waals surface area contributed by atoms with Crippen LogP contribution in [0.1, 0.15) is 70.8 Å². The molecule has 1 aliphatic rings. The highest BCUT2D eigenvalue weighted by Gasteiger charge is 2.29. The van der Waals surface area contributed by atoms with Gasteiger partial charge in [0.2, 0.25) is 0 Å². The maximum Gasteiger partial charge on any atom is 0.335 e. The van der Waals surface area contributed by atoms with Crippen molar-refractivity contribution in [3.05, 3.63) is 118 Å². The molecule has 0 fully saturated rings. The van der Waals surface area contributed by atoms with Crippen molar-refractivity contribution < 1.29 is 29.0 Å². The second-order valence-electron chi connectivity index (χ2n) is 10.5. The molecule has 6 rings (SSSR count). The molecule has 4 N–H and O–H groups in total. The van der Waals surface area contributed by atoms with E-state index in [4.69, 9.17) is 4.74 Å². The third-order valence-corrected chi connectivity index (χ3v) is 7.77. The molecular weight excluding hydrogens is 576 g/mol. The molecule has 5 aromatic rings. The van der Waals surface area contributed by atoms with Crippen LogP contribution in [0.5, 0.6) is 5.75 Å². The number of amides is 3. The lowest BCUT2D eigenvalue weighted by Gasteiger charge is -2.16. The number of ether oxygens (including phenoxy) is 1. The van der Waals surface area contributed by atoms with Crippen molar-refractivity contribution in [3.8, 4) is 5.75 Å². The van der Waals surface area contributed by atoms with Crippen LogP contribution >= 0.6 is 0 Å². The summed E-state index contributed by atoms with van der Waals surface area (Å²) < 4.78 is 6.47. The fourth-order valence-corrected chi connectivity index (χ4v) is 5.51. The lowest BCUT2D eigenvalue weighted by molar-refractivity contribution is 0.0695. The van der Waals surface area contributed by atoms with Crippen LogP contribution in [0.15, 0.2) is 79.0 Å². The summed E-state index contributed by atoms with van der Waals surface area (Å²) in [5, 5.41) is 22.4. The van der Waals surface area contributed by atoms with Crippen molar-refractivity contribution in [2.24, 2.45) is 0 Å². The van der Waals surface area contributed by atoms with Gasteiger partial charge in [-0.15, -0.1) is 0 Å². The Bertz CT molecular complexity index is 1990. The molecule has 0 saturated carbocycles. The van der Waals surface area contributed by atoms with E-state index in [1.165, 1.54) is 30.0 Å². The van der Waals surface area contributed by atoms with Crippen LogP contribution in [0.3, 0.4) is 0 Å². The van der Waals surface area contributed by atoms with E-state index in [-0.39, 0.29) is 28.2 Å². The number of nitrogens with zero attached hydrogens (tertiary/aromatic N) is 3. The second kappa shape index (κ2) is 11.9. The Morgan fingerprint density at radius 1 is 0.889 bits per heavy atom. The number of aromatic carboxylic acids is 1. The predicted octanol–water partition coefficient (Wildman–Crippen LogP) is 4.67. The molecule has 226 valence electrons. The number of fused-ring (bicyclic) bond motifs is 2. The van der Waals surface area contributed by atoms with E-state index in [2.05, 4.69) is 26.0 Å². The van der Waals surface area contributed by atoms with Crippen LogP contribution < -0.4 is 20.7 Å². The number of hydrogen-bond donors (Lipinski definition) is 4. The minimum absolute atomic E-state index is 0.0121. The van der Waals surface area contributed by atoms with Gasteiger partial charge in [0.05, 0.1) is 24.9 Å². The zero-order valence-electron chi connectivity index (χ0n) is 24.3. The number of nitrogens with one attached hydrogen (secondary N) is 3. The Kier molecular flexibility index (Phi) is 7.69. The molecule has 1 atom stereocenters. The van der Waals surface area contributed by atoms with Crippen LogP contribution in [0, 0.1) is 6.92 Å². The highest BCUT2D eigenvalue weighted by molar-refractivity contribution is 6.10. The first-order chi connectivity index (χ1) is 21.7. The van der Waals surface area contributed by atoms with Gasteiger partial charge in [-0.3, -0.25) is 14.4 Å². The van der Waals surface area contributed by atoms with Gasteiger partial charge in [-0.1, -0.05) is 30.3 Å². The standard InChI is InChI=1S/C33H28N6O6/c1-18-22-13-14-26(24(22)12-11-23(18)33(43)44)38-32(42)28-16-27(31(41)36-20-9-6-10-21(15-20)45-2)37-29-25(17-34-39(28)29)30(40)35-19-7-4-3-5-8-19/h3-12,15-17,26H,13-14H2,1-2H3,(H,35,40)(H,36,41)(H,38,42)(H,43,44)/t26-/m1/s1. The number of methoxy groups -OCH3 is 1. The number of anilines is 2. The van der Waals surface area contributed by atoms with E-state index in [1.807, 2.05) is 6.07 Å². The van der Waals surface area contributed by atoms with Gasteiger partial charge in [0.1, 0.15) is 22.7 Å². The van der Waals surface area contributed by atoms with Crippen molar-refractivity contribution in [1.82, 2.24) is 19.9 Å². The third-order valence-electron chi connectivity index (χ3n) is 7.77. The number of carboxylic acid groups (broad SMARTS) is 1. The fraction of sp³-hybridized carbons (Fsp3) is 0.152. The minimum Gasteiger partial charge on any atom is -0.497 e. The van der Waals surface area contributed by atoms with Crippen molar-refractivity contribution in [2.75, 3.05) is 17.7 Å². The zero-order chi connectivity index (χ0) is 31.7. The smallest absolute Gasteiger partial charge is 0.335 e. The number of benzene rings is 3. The number of carbonyl (C=O) groups is 4. The van der Waals surface area contributed by atoms with Gasteiger partial charge in [0, 0.05) is 23.5 Å². The summed E-state index contributed by atoms with van der Waals surface area (Å²) in [7, 11) is 1.51. The van der Waals surface area contributed by atoms with Crippen molar-refractivity contribution in [3.63, 3.8) is 0 Å². The van der Waals surface area contributed by atoms with E-state index in [0.717, 1.165) is 11.1 Å². The van der Waals surface area contributed by atoms with Crippen LogP contribution in [0.4, 0.5) is 11.4 Å². The molecule has 1 aliphatic carbocycles. The van der Waals surface area contributed by atoms with E-state index in [0.29, 0.717) is 35.5 Å². The van der Waals surface area contributed by atoms with Crippen LogP contribution in [-0.4, -0.2) is 50.5 Å². The summed E-state index contributed by atoms with van der Waals surface area (Å²) in [5.41, 5.74) is 3.55. The lowest BCUT2D eigenvalue weighted by Crippen LogP contribution is -2.30. The number of carbonyl (C=O) groups excluding carboxylic acids is 3. The quantitative estimate of drug-likeness (QED) is 0.199. The van der Waals surface area contributed by atoms with Gasteiger partial charge < -0.3 is 25.8 Å². The molecule has 45 heavy (non-hydrogen) atoms. The SMILES string of the molecule is COc1cccc(NC(=O)c2cc(C(=O)N[C@@H]3CCc4c3ccc(C(=O)O)c4C)n3ncc(C(=O)Nc4ccccc4)c3n2)c1. The molecule has 0 saturated heterocycles. The van der Waals surface area contributed by atoms with Crippen molar-refractivity contribution in [1.29, 1.82) is 0 Å². The summed E-state index contributed by atoms with van der Waals surface area (Å²) in [5.74, 6) is -2.15. The summed E-state index contributed by atoms with van der Waals surface area (Å²) in [6.07, 6.45) is 2.45. The predicted molar refractivity (Wildman–Crippen MR) is 165 cm³/mol. The molecule has 2 aromatic heterocycles. The van der Waals surface area contributed by atoms with Crippen LogP contribution in [0.2, 0.25) is 0 Å². The first kappa shape index (κ1) is 29.1. The second-order valence-corrected chi connectivity index (χ2v) is 10.5. The number of rotatable bonds is 8. The molecule has 12 nitrogen and oxygen atoms in total. The lowest BCUT2D eigenvalue weighted by atomic mass is 9.98. The maximum atomic E-state index is 13.8. The monoisotopic (exact) mass is 604 g/mol. The van der Waals surface area contributed by atoms with Gasteiger partial charge in [-0.2, -0.15) is 5.10 Å². The van der Waals surface area contributed by atoms with Crippen LogP contribution in [-0.2, 0) is 6.42 Å². The maximum absolute atomic E-state index is 13.8. The number of aromatic nitrogens is 3. The molecule has 0 spiro atoms. The van der Waals surface area contributed by atoms with Crippen molar-refractivity contribution >= 4 is 40.7 Å². The van der Waals surface area contributed by atoms with Crippen LogP contribution in [0.25, 0.3) is 5.65 Å². The zero-order valence-corrected chi connectivity index (χ0v) is 24.3. The summed E-state index contributed by atoms with van der Waals surface area (Å²) in [6.45, 7) is 1.76. The van der Waals surface area contributed by atoms with E-state index < -0.39 is 29.7 Å². The van der Waals surface area contributed by atoms with Gasteiger partial charge in [0.15, 0.2) is 5.65 Å². The molecular formula is C33H28N6O6. The molecule has 3 amide bonds. The number of para-hydroxylation sites is 1. The number of carboxylic acids is 1. The largest absolute Gasteiger partial charge is 0.497 e. The molecule has 3 aromatic carbocycles. The third kappa shape index (κ3) is 5.68. The molecule has 2 heterocycles. The van der Waals surface area contributed by atoms with E-state index >= 15 is 0 Å². The summed E-state index contributed by atoms with van der Waals surface area (Å²) >= 11 is 0. The Labute approximate surface area is 257 Å². The average Bonchev–Trinajstić information content (AvgIpc) is 3.66. The van der Waals surface area contributed by atoms with E-state index in [1.54, 1.807) is 61.5 Å². The summed E-state index contributed by atoms with van der Waals surface area (Å²) in [4.78, 5) is 56.6. The van der Waals surface area contributed by atoms with Gasteiger partial charge in [0.25, 0.3) is 17.7 Å². The Hall–Kier alpha value is -6.04. The number of hydrogen-bond acceptors (Lipinski definition) is 7. The van der Waals surface area contributed by atoms with Gasteiger partial charge in [-0.25, -0.2) is 14.3 Å². The fourth-order valence-electron chi connectivity index (χ4n) is 5.51. The topological polar surface area (TPSA) is 164 Å². The molecule has 0 aliphatic heterocycles. The van der Waals surface area contributed by atoms with Crippen molar-refractivity contribution in [2.45, 2.75) is 25.8 Å². The molecule has 0 unspecified atom stereocenters. The minimum atomic E-state index is -1.01. The first-order valence-electron chi connectivity index (χ1n) is 14.1. The van der Waals surface area contributed by atoms with Gasteiger partial charge >= 0.3 is 5.97 Å².